The maximum absolute atomic E-state index is 5.53. The lowest BCUT2D eigenvalue weighted by molar-refractivity contribution is 0.340. The van der Waals surface area contributed by atoms with Crippen molar-refractivity contribution in [2.75, 3.05) is 11.9 Å². The van der Waals surface area contributed by atoms with Crippen LogP contribution >= 0.6 is 0 Å². The molecule has 6 nitrogen and oxygen atoms in total. The molecule has 2 heterocycles. The van der Waals surface area contributed by atoms with Crippen molar-refractivity contribution < 1.29 is 9.26 Å². The van der Waals surface area contributed by atoms with Gasteiger partial charge in [0.25, 0.3) is 5.89 Å². The Hall–Kier alpha value is -2.89. The van der Waals surface area contributed by atoms with Crippen molar-refractivity contribution in [1.29, 1.82) is 0 Å². The fraction of sp³-hybridized carbons (Fsp3) is 0.316. The molecule has 0 aliphatic rings. The van der Waals surface area contributed by atoms with Crippen LogP contribution in [-0.4, -0.2) is 21.7 Å². The Morgan fingerprint density at radius 3 is 2.84 bits per heavy atom. The van der Waals surface area contributed by atoms with Crippen LogP contribution in [0.3, 0.4) is 0 Å². The second-order valence-corrected chi connectivity index (χ2v) is 5.98. The summed E-state index contributed by atoms with van der Waals surface area (Å²) >= 11 is 0. The Kier molecular flexibility index (Phi) is 5.28. The van der Waals surface area contributed by atoms with Crippen LogP contribution in [0.15, 0.2) is 47.1 Å². The topological polar surface area (TPSA) is 73.1 Å². The Balaban J connectivity index is 1.70. The third kappa shape index (κ3) is 4.35. The number of aromatic nitrogens is 3. The Morgan fingerprint density at radius 2 is 2.08 bits per heavy atom. The van der Waals surface area contributed by atoms with E-state index < -0.39 is 0 Å². The number of pyridine rings is 1. The Labute approximate surface area is 147 Å². The van der Waals surface area contributed by atoms with Crippen molar-refractivity contribution in [3.8, 4) is 17.2 Å². The number of rotatable bonds is 7. The number of ether oxygens (including phenoxy) is 1. The molecule has 0 spiro atoms. The van der Waals surface area contributed by atoms with E-state index in [1.165, 1.54) is 0 Å². The van der Waals surface area contributed by atoms with E-state index in [0.717, 1.165) is 22.7 Å². The predicted octanol–water partition coefficient (Wildman–Crippen LogP) is 4.27. The van der Waals surface area contributed by atoms with Crippen LogP contribution in [0.5, 0.6) is 5.75 Å². The summed E-state index contributed by atoms with van der Waals surface area (Å²) in [5.74, 6) is 3.07. The summed E-state index contributed by atoms with van der Waals surface area (Å²) in [6.07, 6.45) is 1.73. The predicted molar refractivity (Wildman–Crippen MR) is 96.6 cm³/mol. The van der Waals surface area contributed by atoms with Gasteiger partial charge in [-0.2, -0.15) is 4.98 Å². The number of benzene rings is 1. The van der Waals surface area contributed by atoms with E-state index in [1.807, 2.05) is 57.2 Å². The van der Waals surface area contributed by atoms with Crippen molar-refractivity contribution in [2.45, 2.75) is 33.2 Å². The van der Waals surface area contributed by atoms with E-state index in [4.69, 9.17) is 9.26 Å². The van der Waals surface area contributed by atoms with Gasteiger partial charge >= 0.3 is 0 Å². The van der Waals surface area contributed by atoms with Crippen LogP contribution in [0.1, 0.15) is 38.1 Å². The normalized spacial score (nSPS) is 10.9. The van der Waals surface area contributed by atoms with Crippen LogP contribution in [0.25, 0.3) is 11.5 Å². The molecule has 0 bridgehead atoms. The smallest absolute Gasteiger partial charge is 0.258 e. The zero-order chi connectivity index (χ0) is 17.6. The average Bonchev–Trinajstić information content (AvgIpc) is 3.11. The number of hydrogen-bond acceptors (Lipinski definition) is 6. The number of anilines is 1. The highest BCUT2D eigenvalue weighted by Crippen LogP contribution is 2.22. The molecule has 3 aromatic rings. The maximum Gasteiger partial charge on any atom is 0.258 e. The first kappa shape index (κ1) is 17.0. The monoisotopic (exact) mass is 338 g/mol. The van der Waals surface area contributed by atoms with E-state index in [2.05, 4.69) is 20.4 Å². The van der Waals surface area contributed by atoms with Gasteiger partial charge in [-0.3, -0.25) is 0 Å². The first-order valence-corrected chi connectivity index (χ1v) is 8.41. The second-order valence-electron chi connectivity index (χ2n) is 5.98. The molecular weight excluding hydrogens is 316 g/mol. The number of nitrogens with one attached hydrogen (secondary N) is 1. The minimum Gasteiger partial charge on any atom is -0.494 e. The molecule has 0 aliphatic carbocycles. The largest absolute Gasteiger partial charge is 0.494 e. The lowest BCUT2D eigenvalue weighted by Gasteiger charge is -2.08. The van der Waals surface area contributed by atoms with Gasteiger partial charge in [-0.05, 0) is 36.8 Å². The molecule has 0 amide bonds. The molecule has 130 valence electrons. The molecule has 0 radical (unpaired) electrons. The van der Waals surface area contributed by atoms with E-state index in [-0.39, 0.29) is 5.92 Å². The molecule has 0 saturated heterocycles. The highest BCUT2D eigenvalue weighted by molar-refractivity contribution is 5.58. The third-order valence-corrected chi connectivity index (χ3v) is 3.65. The zero-order valence-electron chi connectivity index (χ0n) is 14.7. The molecule has 1 aromatic carbocycles. The van der Waals surface area contributed by atoms with Gasteiger partial charge in [-0.25, -0.2) is 4.98 Å². The summed E-state index contributed by atoms with van der Waals surface area (Å²) in [6.45, 7) is 7.35. The van der Waals surface area contributed by atoms with Crippen LogP contribution in [0.2, 0.25) is 0 Å². The third-order valence-electron chi connectivity index (χ3n) is 3.65. The molecule has 0 unspecified atom stereocenters. The lowest BCUT2D eigenvalue weighted by Crippen LogP contribution is -2.02. The van der Waals surface area contributed by atoms with Gasteiger partial charge in [-0.1, -0.05) is 31.1 Å². The van der Waals surface area contributed by atoms with E-state index in [0.29, 0.717) is 24.9 Å². The summed E-state index contributed by atoms with van der Waals surface area (Å²) in [4.78, 5) is 8.77. The molecule has 1 N–H and O–H groups in total. The summed E-state index contributed by atoms with van der Waals surface area (Å²) in [6, 6.07) is 11.8. The maximum atomic E-state index is 5.53. The summed E-state index contributed by atoms with van der Waals surface area (Å²) in [5.41, 5.74) is 1.97. The van der Waals surface area contributed by atoms with Gasteiger partial charge in [-0.15, -0.1) is 0 Å². The van der Waals surface area contributed by atoms with Crippen LogP contribution in [0.4, 0.5) is 5.82 Å². The second kappa shape index (κ2) is 7.79. The molecule has 0 fully saturated rings. The fourth-order valence-corrected chi connectivity index (χ4v) is 2.35. The van der Waals surface area contributed by atoms with Crippen LogP contribution in [-0.2, 0) is 6.54 Å². The number of nitrogens with zero attached hydrogens (tertiary/aromatic N) is 3. The summed E-state index contributed by atoms with van der Waals surface area (Å²) < 4.78 is 10.9. The highest BCUT2D eigenvalue weighted by atomic mass is 16.5. The molecular formula is C19H22N4O2. The molecule has 2 aromatic heterocycles. The van der Waals surface area contributed by atoms with Crippen molar-refractivity contribution in [2.24, 2.45) is 0 Å². The highest BCUT2D eigenvalue weighted by Gasteiger charge is 2.12. The van der Waals surface area contributed by atoms with Gasteiger partial charge in [0.05, 0.1) is 6.61 Å². The molecule has 0 atom stereocenters. The van der Waals surface area contributed by atoms with E-state index in [9.17, 15) is 0 Å². The summed E-state index contributed by atoms with van der Waals surface area (Å²) in [7, 11) is 0. The van der Waals surface area contributed by atoms with Gasteiger partial charge in [0, 0.05) is 24.2 Å². The van der Waals surface area contributed by atoms with E-state index in [1.54, 1.807) is 6.20 Å². The first-order chi connectivity index (χ1) is 12.2. The first-order valence-electron chi connectivity index (χ1n) is 8.41. The standard InChI is InChI=1S/C19H22N4O2/c1-4-24-16-7-5-6-14(10-16)12-21-17-11-15(8-9-20-17)19-22-18(13(2)3)23-25-19/h5-11,13H,4,12H2,1-3H3,(H,20,21). The van der Waals surface area contributed by atoms with Gasteiger partial charge in [0.1, 0.15) is 11.6 Å². The molecule has 0 saturated carbocycles. The average molecular weight is 338 g/mol. The quantitative estimate of drug-likeness (QED) is 0.694. The van der Waals surface area contributed by atoms with Crippen molar-refractivity contribution in [1.82, 2.24) is 15.1 Å². The van der Waals surface area contributed by atoms with Crippen LogP contribution in [0, 0.1) is 0 Å². The van der Waals surface area contributed by atoms with Crippen LogP contribution < -0.4 is 10.1 Å². The van der Waals surface area contributed by atoms with Gasteiger partial charge in [0.15, 0.2) is 5.82 Å². The number of hydrogen-bond donors (Lipinski definition) is 1. The van der Waals surface area contributed by atoms with E-state index >= 15 is 0 Å². The minimum absolute atomic E-state index is 0.231. The SMILES string of the molecule is CCOc1cccc(CNc2cc(-c3nc(C(C)C)no3)ccn2)c1. The van der Waals surface area contributed by atoms with Gasteiger partial charge in [0.2, 0.25) is 0 Å². The fourth-order valence-electron chi connectivity index (χ4n) is 2.35. The lowest BCUT2D eigenvalue weighted by atomic mass is 10.2. The van der Waals surface area contributed by atoms with Gasteiger partial charge < -0.3 is 14.6 Å². The zero-order valence-corrected chi connectivity index (χ0v) is 14.7. The molecule has 25 heavy (non-hydrogen) atoms. The molecule has 0 aliphatic heterocycles. The van der Waals surface area contributed by atoms with Crippen molar-refractivity contribution >= 4 is 5.82 Å². The van der Waals surface area contributed by atoms with Crippen molar-refractivity contribution in [3.05, 3.63) is 54.0 Å². The Morgan fingerprint density at radius 1 is 1.20 bits per heavy atom. The molecule has 6 heteroatoms. The summed E-state index contributed by atoms with van der Waals surface area (Å²) in [5, 5.41) is 7.32. The van der Waals surface area contributed by atoms with Crippen molar-refractivity contribution in [3.63, 3.8) is 0 Å². The Bertz CT molecular complexity index is 830. The molecule has 3 rings (SSSR count). The minimum atomic E-state index is 0.231.